The van der Waals surface area contributed by atoms with E-state index in [4.69, 9.17) is 4.74 Å². The molecular formula is C16H21NO4. The molecule has 21 heavy (non-hydrogen) atoms. The van der Waals surface area contributed by atoms with E-state index in [0.717, 1.165) is 11.3 Å². The predicted molar refractivity (Wildman–Crippen MR) is 78.3 cm³/mol. The summed E-state index contributed by atoms with van der Waals surface area (Å²) in [6.45, 7) is 4.12. The number of aliphatic carboxylic acids is 1. The van der Waals surface area contributed by atoms with E-state index >= 15 is 0 Å². The molecule has 0 saturated heterocycles. The molecule has 1 amide bonds. The minimum absolute atomic E-state index is 0.146. The molecule has 1 aromatic rings. The minimum Gasteiger partial charge on any atom is -0.492 e. The standard InChI is InChI=1S/C16H21NO4/c1-3-16(4-2,15(19)20)10-17-14(18)12-9-21-13-8-6-5-7-11(12)13/h5-8,12H,3-4,9-10H2,1-2H3,(H,17,18)(H,19,20). The first-order valence-corrected chi connectivity index (χ1v) is 7.27. The summed E-state index contributed by atoms with van der Waals surface area (Å²) in [6.07, 6.45) is 0.966. The van der Waals surface area contributed by atoms with Crippen molar-refractivity contribution in [3.63, 3.8) is 0 Å². The van der Waals surface area contributed by atoms with Gasteiger partial charge in [0.15, 0.2) is 0 Å². The van der Waals surface area contributed by atoms with E-state index in [1.54, 1.807) is 0 Å². The molecule has 2 rings (SSSR count). The monoisotopic (exact) mass is 291 g/mol. The largest absolute Gasteiger partial charge is 0.492 e. The van der Waals surface area contributed by atoms with Gasteiger partial charge in [-0.25, -0.2) is 0 Å². The first kappa shape index (κ1) is 15.4. The van der Waals surface area contributed by atoms with Crippen LogP contribution in [0.2, 0.25) is 0 Å². The van der Waals surface area contributed by atoms with E-state index in [-0.39, 0.29) is 18.4 Å². The first-order valence-electron chi connectivity index (χ1n) is 7.27. The van der Waals surface area contributed by atoms with Crippen LogP contribution in [0.15, 0.2) is 24.3 Å². The number of rotatable bonds is 6. The van der Waals surface area contributed by atoms with Gasteiger partial charge in [-0.05, 0) is 18.9 Å². The van der Waals surface area contributed by atoms with Gasteiger partial charge in [0.25, 0.3) is 0 Å². The Hall–Kier alpha value is -2.04. The van der Waals surface area contributed by atoms with E-state index in [9.17, 15) is 14.7 Å². The zero-order valence-corrected chi connectivity index (χ0v) is 12.4. The minimum atomic E-state index is -0.894. The Morgan fingerprint density at radius 1 is 1.33 bits per heavy atom. The first-order chi connectivity index (χ1) is 10.0. The molecular weight excluding hydrogens is 270 g/mol. The van der Waals surface area contributed by atoms with E-state index in [1.807, 2.05) is 38.1 Å². The van der Waals surface area contributed by atoms with Gasteiger partial charge in [-0.15, -0.1) is 0 Å². The number of carbonyl (C=O) groups excluding carboxylic acids is 1. The van der Waals surface area contributed by atoms with Crippen molar-refractivity contribution < 1.29 is 19.4 Å². The highest BCUT2D eigenvalue weighted by molar-refractivity contribution is 5.86. The van der Waals surface area contributed by atoms with Crippen molar-refractivity contribution in [1.82, 2.24) is 5.32 Å². The van der Waals surface area contributed by atoms with Crippen LogP contribution in [0.4, 0.5) is 0 Å². The van der Waals surface area contributed by atoms with Crippen molar-refractivity contribution in [1.29, 1.82) is 0 Å². The van der Waals surface area contributed by atoms with E-state index in [1.165, 1.54) is 0 Å². The summed E-state index contributed by atoms with van der Waals surface area (Å²) in [5.41, 5.74) is -0.0295. The van der Waals surface area contributed by atoms with Crippen LogP contribution in [0.1, 0.15) is 38.2 Å². The molecule has 1 aromatic carbocycles. The van der Waals surface area contributed by atoms with Gasteiger partial charge >= 0.3 is 5.97 Å². The fourth-order valence-corrected chi connectivity index (χ4v) is 2.64. The van der Waals surface area contributed by atoms with Gasteiger partial charge in [0.05, 0.1) is 5.41 Å². The second kappa shape index (κ2) is 6.16. The molecule has 0 spiro atoms. The third kappa shape index (κ3) is 2.86. The van der Waals surface area contributed by atoms with E-state index < -0.39 is 11.4 Å². The predicted octanol–water partition coefficient (Wildman–Crippen LogP) is 2.17. The molecule has 0 aliphatic carbocycles. The lowest BCUT2D eigenvalue weighted by Crippen LogP contribution is -2.44. The third-order valence-corrected chi connectivity index (χ3v) is 4.42. The lowest BCUT2D eigenvalue weighted by molar-refractivity contribution is -0.149. The van der Waals surface area contributed by atoms with E-state index in [0.29, 0.717) is 19.4 Å². The summed E-state index contributed by atoms with van der Waals surface area (Å²) in [6, 6.07) is 7.44. The molecule has 1 unspecified atom stereocenters. The van der Waals surface area contributed by atoms with Gasteiger partial charge in [-0.3, -0.25) is 9.59 Å². The normalized spacial score (nSPS) is 17.0. The summed E-state index contributed by atoms with van der Waals surface area (Å²) in [4.78, 5) is 23.8. The quantitative estimate of drug-likeness (QED) is 0.842. The van der Waals surface area contributed by atoms with Crippen LogP contribution in [0.25, 0.3) is 0 Å². The number of ether oxygens (including phenoxy) is 1. The molecule has 0 saturated carbocycles. The number of carbonyl (C=O) groups is 2. The Morgan fingerprint density at radius 3 is 2.62 bits per heavy atom. The van der Waals surface area contributed by atoms with Crippen molar-refractivity contribution in [2.24, 2.45) is 5.41 Å². The molecule has 0 bridgehead atoms. The maximum absolute atomic E-state index is 12.3. The van der Waals surface area contributed by atoms with Crippen LogP contribution in [0.5, 0.6) is 5.75 Å². The topological polar surface area (TPSA) is 75.6 Å². The van der Waals surface area contributed by atoms with Crippen molar-refractivity contribution in [3.8, 4) is 5.75 Å². The number of carboxylic acids is 1. The average Bonchev–Trinajstić information content (AvgIpc) is 2.92. The Balaban J connectivity index is 2.05. The second-order valence-electron chi connectivity index (χ2n) is 5.41. The zero-order valence-electron chi connectivity index (χ0n) is 12.4. The summed E-state index contributed by atoms with van der Waals surface area (Å²) >= 11 is 0. The lowest BCUT2D eigenvalue weighted by Gasteiger charge is -2.27. The Bertz CT molecular complexity index is 537. The maximum atomic E-state index is 12.3. The molecule has 1 heterocycles. The lowest BCUT2D eigenvalue weighted by atomic mass is 9.82. The second-order valence-corrected chi connectivity index (χ2v) is 5.41. The Morgan fingerprint density at radius 2 is 2.00 bits per heavy atom. The average molecular weight is 291 g/mol. The van der Waals surface area contributed by atoms with Crippen molar-refractivity contribution in [3.05, 3.63) is 29.8 Å². The summed E-state index contributed by atoms with van der Waals surface area (Å²) in [7, 11) is 0. The van der Waals surface area contributed by atoms with Crippen molar-refractivity contribution in [2.75, 3.05) is 13.2 Å². The van der Waals surface area contributed by atoms with Gasteiger partial charge < -0.3 is 15.2 Å². The number of amides is 1. The third-order valence-electron chi connectivity index (χ3n) is 4.42. The van der Waals surface area contributed by atoms with Crippen LogP contribution in [-0.4, -0.2) is 30.1 Å². The molecule has 0 radical (unpaired) electrons. The zero-order chi connectivity index (χ0) is 15.5. The number of benzene rings is 1. The Kier molecular flexibility index (Phi) is 4.50. The SMILES string of the molecule is CCC(CC)(CNC(=O)C1COc2ccccc21)C(=O)O. The van der Waals surface area contributed by atoms with E-state index in [2.05, 4.69) is 5.32 Å². The van der Waals surface area contributed by atoms with Gasteiger partial charge in [-0.1, -0.05) is 32.0 Å². The van der Waals surface area contributed by atoms with Crippen LogP contribution >= 0.6 is 0 Å². The van der Waals surface area contributed by atoms with Crippen molar-refractivity contribution in [2.45, 2.75) is 32.6 Å². The molecule has 1 atom stereocenters. The Labute approximate surface area is 124 Å². The highest BCUT2D eigenvalue weighted by atomic mass is 16.5. The molecule has 5 heteroatoms. The van der Waals surface area contributed by atoms with Gasteiger partial charge in [0.1, 0.15) is 18.3 Å². The number of hydrogen-bond acceptors (Lipinski definition) is 3. The molecule has 2 N–H and O–H groups in total. The van der Waals surface area contributed by atoms with Crippen LogP contribution in [0.3, 0.4) is 0 Å². The van der Waals surface area contributed by atoms with Gasteiger partial charge in [-0.2, -0.15) is 0 Å². The number of nitrogens with one attached hydrogen (secondary N) is 1. The van der Waals surface area contributed by atoms with Gasteiger partial charge in [0.2, 0.25) is 5.91 Å². The molecule has 0 aromatic heterocycles. The molecule has 1 aliphatic rings. The van der Waals surface area contributed by atoms with Gasteiger partial charge in [0, 0.05) is 12.1 Å². The summed E-state index contributed by atoms with van der Waals surface area (Å²) in [5.74, 6) is -0.669. The molecule has 5 nitrogen and oxygen atoms in total. The summed E-state index contributed by atoms with van der Waals surface area (Å²) in [5, 5.41) is 12.2. The highest BCUT2D eigenvalue weighted by Gasteiger charge is 2.37. The number of hydrogen-bond donors (Lipinski definition) is 2. The molecule has 1 aliphatic heterocycles. The maximum Gasteiger partial charge on any atom is 0.311 e. The van der Waals surface area contributed by atoms with Crippen LogP contribution in [-0.2, 0) is 9.59 Å². The number of fused-ring (bicyclic) bond motifs is 1. The number of para-hydroxylation sites is 1. The smallest absolute Gasteiger partial charge is 0.311 e. The fourth-order valence-electron chi connectivity index (χ4n) is 2.64. The van der Waals surface area contributed by atoms with Crippen LogP contribution in [0, 0.1) is 5.41 Å². The highest BCUT2D eigenvalue weighted by Crippen LogP contribution is 2.34. The number of carboxylic acid groups (broad SMARTS) is 1. The van der Waals surface area contributed by atoms with Crippen molar-refractivity contribution >= 4 is 11.9 Å². The molecule has 0 fully saturated rings. The van der Waals surface area contributed by atoms with Crippen LogP contribution < -0.4 is 10.1 Å². The molecule has 114 valence electrons. The summed E-state index contributed by atoms with van der Waals surface area (Å²) < 4.78 is 5.49. The fraction of sp³-hybridized carbons (Fsp3) is 0.500.